The van der Waals surface area contributed by atoms with Gasteiger partial charge in [0.05, 0.1) is 23.0 Å². The van der Waals surface area contributed by atoms with Gasteiger partial charge in [-0.15, -0.1) is 0 Å². The molecule has 3 amide bonds. The molecule has 1 N–H and O–H groups in total. The standard InChI is InChI=1S/C20H20N4O4/c1-4-13-19(25)24(20(26)22-13)12-8-9-16(21-10-12)27-14-6-5-7-15-17(14)18(11(2)3)23-28-15/h5-11,13H,4H2,1-3H3,(H,22,26)/t13-/m1/s1. The first-order chi connectivity index (χ1) is 13.5. The van der Waals surface area contributed by atoms with Crippen LogP contribution in [0.15, 0.2) is 41.1 Å². The summed E-state index contributed by atoms with van der Waals surface area (Å²) < 4.78 is 11.3. The zero-order valence-corrected chi connectivity index (χ0v) is 15.8. The molecule has 0 unspecified atom stereocenters. The molecule has 0 saturated carbocycles. The maximum absolute atomic E-state index is 12.3. The molecular weight excluding hydrogens is 360 g/mol. The maximum Gasteiger partial charge on any atom is 0.329 e. The number of nitrogens with zero attached hydrogens (tertiary/aromatic N) is 3. The van der Waals surface area contributed by atoms with E-state index in [1.54, 1.807) is 12.1 Å². The lowest BCUT2D eigenvalue weighted by atomic mass is 10.1. The Hall–Kier alpha value is -3.42. The molecule has 0 bridgehead atoms. The Labute approximate surface area is 161 Å². The molecule has 8 nitrogen and oxygen atoms in total. The zero-order valence-electron chi connectivity index (χ0n) is 15.8. The van der Waals surface area contributed by atoms with E-state index in [0.29, 0.717) is 29.3 Å². The number of nitrogens with one attached hydrogen (secondary N) is 1. The highest BCUT2D eigenvalue weighted by Gasteiger charge is 2.38. The van der Waals surface area contributed by atoms with Crippen LogP contribution in [0.1, 0.15) is 38.8 Å². The molecule has 3 aromatic rings. The van der Waals surface area contributed by atoms with Gasteiger partial charge in [0.2, 0.25) is 5.88 Å². The highest BCUT2D eigenvalue weighted by Crippen LogP contribution is 2.35. The molecule has 1 aliphatic heterocycles. The lowest BCUT2D eigenvalue weighted by molar-refractivity contribution is -0.118. The molecule has 144 valence electrons. The number of benzene rings is 1. The van der Waals surface area contributed by atoms with Crippen LogP contribution in [0.3, 0.4) is 0 Å². The highest BCUT2D eigenvalue weighted by molar-refractivity contribution is 6.21. The lowest BCUT2D eigenvalue weighted by Gasteiger charge is -2.13. The number of rotatable bonds is 5. The van der Waals surface area contributed by atoms with Gasteiger partial charge in [-0.3, -0.25) is 4.79 Å². The van der Waals surface area contributed by atoms with Gasteiger partial charge < -0.3 is 14.6 Å². The Morgan fingerprint density at radius 3 is 2.71 bits per heavy atom. The fraction of sp³-hybridized carbons (Fsp3) is 0.300. The van der Waals surface area contributed by atoms with E-state index in [0.717, 1.165) is 16.0 Å². The first-order valence-corrected chi connectivity index (χ1v) is 9.16. The number of carbonyl (C=O) groups is 2. The summed E-state index contributed by atoms with van der Waals surface area (Å²) in [4.78, 5) is 29.7. The molecule has 0 spiro atoms. The first kappa shape index (κ1) is 18.0. The summed E-state index contributed by atoms with van der Waals surface area (Å²) in [6.45, 7) is 5.91. The van der Waals surface area contributed by atoms with Crippen molar-refractivity contribution in [3.63, 3.8) is 0 Å². The Balaban J connectivity index is 1.61. The monoisotopic (exact) mass is 380 g/mol. The molecule has 4 rings (SSSR count). The molecule has 8 heteroatoms. The predicted molar refractivity (Wildman–Crippen MR) is 103 cm³/mol. The largest absolute Gasteiger partial charge is 0.438 e. The Kier molecular flexibility index (Phi) is 4.46. The number of anilines is 1. The van der Waals surface area contributed by atoms with Gasteiger partial charge in [-0.2, -0.15) is 0 Å². The average molecular weight is 380 g/mol. The summed E-state index contributed by atoms with van der Waals surface area (Å²) in [6, 6.07) is 7.79. The van der Waals surface area contributed by atoms with Crippen molar-refractivity contribution in [2.75, 3.05) is 4.90 Å². The molecule has 1 aliphatic rings. The number of imide groups is 1. The predicted octanol–water partition coefficient (Wildman–Crippen LogP) is 3.97. The summed E-state index contributed by atoms with van der Waals surface area (Å²) in [5, 5.41) is 7.59. The number of amides is 3. The number of fused-ring (bicyclic) bond motifs is 1. The van der Waals surface area contributed by atoms with E-state index < -0.39 is 12.1 Å². The smallest absolute Gasteiger partial charge is 0.329 e. The second-order valence-electron chi connectivity index (χ2n) is 6.89. The fourth-order valence-corrected chi connectivity index (χ4v) is 3.19. The van der Waals surface area contributed by atoms with E-state index >= 15 is 0 Å². The van der Waals surface area contributed by atoms with Crippen LogP contribution >= 0.6 is 0 Å². The topological polar surface area (TPSA) is 97.6 Å². The summed E-state index contributed by atoms with van der Waals surface area (Å²) in [5.41, 5.74) is 1.85. The number of carbonyl (C=O) groups excluding carboxylic acids is 2. The van der Waals surface area contributed by atoms with Crippen molar-refractivity contribution in [3.05, 3.63) is 42.2 Å². The van der Waals surface area contributed by atoms with Crippen LogP contribution in [0.4, 0.5) is 10.5 Å². The normalized spacial score (nSPS) is 16.9. The van der Waals surface area contributed by atoms with Gasteiger partial charge in [0.25, 0.3) is 5.91 Å². The molecule has 1 aromatic carbocycles. The van der Waals surface area contributed by atoms with E-state index in [-0.39, 0.29) is 11.8 Å². The fourth-order valence-electron chi connectivity index (χ4n) is 3.19. The summed E-state index contributed by atoms with van der Waals surface area (Å²) in [5.74, 6) is 0.821. The van der Waals surface area contributed by atoms with Crippen LogP contribution in [-0.4, -0.2) is 28.1 Å². The second-order valence-corrected chi connectivity index (χ2v) is 6.89. The molecule has 0 radical (unpaired) electrons. The van der Waals surface area contributed by atoms with Gasteiger partial charge in [-0.1, -0.05) is 32.0 Å². The van der Waals surface area contributed by atoms with Crippen molar-refractivity contribution < 1.29 is 18.8 Å². The summed E-state index contributed by atoms with van der Waals surface area (Å²) >= 11 is 0. The minimum absolute atomic E-state index is 0.174. The van der Waals surface area contributed by atoms with E-state index in [2.05, 4.69) is 15.5 Å². The molecular formula is C20H20N4O4. The lowest BCUT2D eigenvalue weighted by Crippen LogP contribution is -2.31. The van der Waals surface area contributed by atoms with Crippen LogP contribution in [-0.2, 0) is 4.79 Å². The van der Waals surface area contributed by atoms with Gasteiger partial charge in [0, 0.05) is 6.07 Å². The molecule has 3 heterocycles. The average Bonchev–Trinajstić information content (AvgIpc) is 3.24. The zero-order chi connectivity index (χ0) is 19.8. The van der Waals surface area contributed by atoms with E-state index in [9.17, 15) is 9.59 Å². The van der Waals surface area contributed by atoms with Crippen LogP contribution < -0.4 is 15.0 Å². The SMILES string of the molecule is CC[C@H]1NC(=O)N(c2ccc(Oc3cccc4onc(C(C)C)c34)nc2)C1=O. The second kappa shape index (κ2) is 6.95. The van der Waals surface area contributed by atoms with Crippen molar-refractivity contribution in [2.24, 2.45) is 0 Å². The molecule has 0 aliphatic carbocycles. The van der Waals surface area contributed by atoms with Crippen molar-refractivity contribution in [3.8, 4) is 11.6 Å². The molecule has 1 saturated heterocycles. The van der Waals surface area contributed by atoms with Crippen molar-refractivity contribution in [1.82, 2.24) is 15.5 Å². The van der Waals surface area contributed by atoms with Crippen LogP contribution in [0, 0.1) is 0 Å². The number of urea groups is 1. The van der Waals surface area contributed by atoms with Crippen LogP contribution in [0.5, 0.6) is 11.6 Å². The van der Waals surface area contributed by atoms with Gasteiger partial charge in [0.1, 0.15) is 11.8 Å². The van der Waals surface area contributed by atoms with Gasteiger partial charge >= 0.3 is 6.03 Å². The van der Waals surface area contributed by atoms with Crippen molar-refractivity contribution >= 4 is 28.6 Å². The Morgan fingerprint density at radius 2 is 2.07 bits per heavy atom. The van der Waals surface area contributed by atoms with Crippen LogP contribution in [0.25, 0.3) is 11.0 Å². The Morgan fingerprint density at radius 1 is 1.25 bits per heavy atom. The first-order valence-electron chi connectivity index (χ1n) is 9.16. The number of hydrogen-bond acceptors (Lipinski definition) is 6. The maximum atomic E-state index is 12.3. The molecule has 1 atom stereocenters. The quantitative estimate of drug-likeness (QED) is 0.673. The number of aromatic nitrogens is 2. The van der Waals surface area contributed by atoms with Crippen molar-refractivity contribution in [1.29, 1.82) is 0 Å². The van der Waals surface area contributed by atoms with Gasteiger partial charge in [-0.05, 0) is 30.5 Å². The molecule has 28 heavy (non-hydrogen) atoms. The van der Waals surface area contributed by atoms with E-state index in [4.69, 9.17) is 9.26 Å². The number of ether oxygens (including phenoxy) is 1. The summed E-state index contributed by atoms with van der Waals surface area (Å²) in [6.07, 6.45) is 1.98. The van der Waals surface area contributed by atoms with Gasteiger partial charge in [0.15, 0.2) is 5.58 Å². The Bertz CT molecular complexity index is 1040. The molecule has 2 aromatic heterocycles. The van der Waals surface area contributed by atoms with Gasteiger partial charge in [-0.25, -0.2) is 14.7 Å². The van der Waals surface area contributed by atoms with Crippen molar-refractivity contribution in [2.45, 2.75) is 39.2 Å². The van der Waals surface area contributed by atoms with E-state index in [1.807, 2.05) is 39.0 Å². The van der Waals surface area contributed by atoms with E-state index in [1.165, 1.54) is 6.20 Å². The number of hydrogen-bond donors (Lipinski definition) is 1. The minimum atomic E-state index is -0.496. The third-order valence-corrected chi connectivity index (χ3v) is 4.65. The minimum Gasteiger partial charge on any atom is -0.438 e. The third-order valence-electron chi connectivity index (χ3n) is 4.65. The highest BCUT2D eigenvalue weighted by atomic mass is 16.5. The third kappa shape index (κ3) is 2.96. The number of pyridine rings is 1. The molecule has 1 fully saturated rings. The summed E-state index contributed by atoms with van der Waals surface area (Å²) in [7, 11) is 0. The van der Waals surface area contributed by atoms with Crippen LogP contribution in [0.2, 0.25) is 0 Å².